The Hall–Kier alpha value is -0.930. The highest BCUT2D eigenvalue weighted by Crippen LogP contribution is 2.26. The van der Waals surface area contributed by atoms with Gasteiger partial charge in [0.05, 0.1) is 19.8 Å². The van der Waals surface area contributed by atoms with E-state index < -0.39 is 106 Å². The second kappa shape index (κ2) is 12.9. The van der Waals surface area contributed by atoms with E-state index in [0.717, 1.165) is 0 Å². The van der Waals surface area contributed by atoms with Gasteiger partial charge in [0.15, 0.2) is 18.9 Å². The zero-order valence-corrected chi connectivity index (χ0v) is 17.7. The minimum atomic E-state index is -2.04. The molecule has 0 radical (unpaired) electrons. The fourth-order valence-electron chi connectivity index (χ4n) is 3.39. The molecule has 0 aromatic rings. The van der Waals surface area contributed by atoms with Crippen LogP contribution in [0.2, 0.25) is 0 Å². The smallest absolute Gasteiger partial charge is 0.186 e. The third kappa shape index (κ3) is 6.64. The largest absolute Gasteiger partial charge is 0.394 e. The van der Waals surface area contributed by atoms with E-state index >= 15 is 0 Å². The standard InChI is InChI=1S/C18H32O16/c19-1-5(21)9(23)10(24)6(22)3-31-17-16(30)14(28)12(26)8(34-17)4-32-18-15(29)13(27)11(25)7(2-20)33-18/h1,5-18,20-30H,2-4H2/t5-,6+,7+,8+,9+,10+,11-,12-,13-,14-,15+,16+,17-,18-/m0/s1. The van der Waals surface area contributed by atoms with Crippen LogP contribution >= 0.6 is 0 Å². The molecule has 0 aromatic carbocycles. The SMILES string of the molecule is O=C[C@H](O)[C@@H](O)[C@H](O)[C@H](O)CO[C@H]1O[C@H](CO[C@H]2O[C@H](CO)[C@H](O)[C@H](O)[C@H]2O)[C@H](O)[C@H](O)[C@H]1O. The van der Waals surface area contributed by atoms with Crippen molar-refractivity contribution in [2.75, 3.05) is 19.8 Å². The summed E-state index contributed by atoms with van der Waals surface area (Å²) in [4.78, 5) is 10.5. The van der Waals surface area contributed by atoms with Gasteiger partial charge < -0.3 is 79.9 Å². The zero-order valence-electron chi connectivity index (χ0n) is 17.7. The molecular weight excluding hydrogens is 472 g/mol. The lowest BCUT2D eigenvalue weighted by Crippen LogP contribution is -2.62. The second-order valence-corrected chi connectivity index (χ2v) is 8.05. The normalized spacial score (nSPS) is 42.6. The molecule has 2 saturated heterocycles. The monoisotopic (exact) mass is 504 g/mol. The van der Waals surface area contributed by atoms with Gasteiger partial charge in [-0.25, -0.2) is 0 Å². The molecule has 2 rings (SSSR count). The van der Waals surface area contributed by atoms with E-state index in [2.05, 4.69) is 0 Å². The predicted octanol–water partition coefficient (Wildman–Crippen LogP) is -7.73. The van der Waals surface area contributed by atoms with Crippen molar-refractivity contribution >= 4 is 6.29 Å². The first-order valence-corrected chi connectivity index (χ1v) is 10.4. The van der Waals surface area contributed by atoms with Gasteiger partial charge in [0.25, 0.3) is 0 Å². The van der Waals surface area contributed by atoms with E-state index in [1.165, 1.54) is 0 Å². The maximum atomic E-state index is 10.5. The lowest BCUT2D eigenvalue weighted by molar-refractivity contribution is -0.333. The summed E-state index contributed by atoms with van der Waals surface area (Å²) in [5.74, 6) is 0. The first-order valence-electron chi connectivity index (χ1n) is 10.4. The summed E-state index contributed by atoms with van der Waals surface area (Å²) in [6.45, 7) is -2.13. The predicted molar refractivity (Wildman–Crippen MR) is 102 cm³/mol. The molecule has 0 saturated carbocycles. The van der Waals surface area contributed by atoms with Gasteiger partial charge in [-0.2, -0.15) is 0 Å². The summed E-state index contributed by atoms with van der Waals surface area (Å²) >= 11 is 0. The molecule has 2 aliphatic heterocycles. The number of aliphatic hydroxyl groups excluding tert-OH is 11. The molecule has 0 aliphatic carbocycles. The lowest BCUT2D eigenvalue weighted by Gasteiger charge is -2.42. The van der Waals surface area contributed by atoms with E-state index in [-0.39, 0.29) is 6.29 Å². The van der Waals surface area contributed by atoms with Gasteiger partial charge in [0, 0.05) is 0 Å². The molecule has 11 N–H and O–H groups in total. The average Bonchev–Trinajstić information content (AvgIpc) is 2.84. The van der Waals surface area contributed by atoms with E-state index in [4.69, 9.17) is 18.9 Å². The van der Waals surface area contributed by atoms with E-state index in [1.807, 2.05) is 0 Å². The Morgan fingerprint density at radius 1 is 0.706 bits per heavy atom. The van der Waals surface area contributed by atoms with Crippen LogP contribution in [0, 0.1) is 0 Å². The molecule has 16 nitrogen and oxygen atoms in total. The highest BCUT2D eigenvalue weighted by molar-refractivity contribution is 5.56. The fourth-order valence-corrected chi connectivity index (χ4v) is 3.39. The Morgan fingerprint density at radius 3 is 1.74 bits per heavy atom. The first kappa shape index (κ1) is 29.3. The van der Waals surface area contributed by atoms with Gasteiger partial charge in [-0.15, -0.1) is 0 Å². The summed E-state index contributed by atoms with van der Waals surface area (Å²) in [5.41, 5.74) is 0. The van der Waals surface area contributed by atoms with E-state index in [1.54, 1.807) is 0 Å². The van der Waals surface area contributed by atoms with Crippen molar-refractivity contribution in [1.29, 1.82) is 0 Å². The van der Waals surface area contributed by atoms with Crippen LogP contribution < -0.4 is 0 Å². The Labute approximate surface area is 192 Å². The van der Waals surface area contributed by atoms with Crippen LogP contribution in [0.1, 0.15) is 0 Å². The molecule has 0 unspecified atom stereocenters. The number of hydrogen-bond donors (Lipinski definition) is 11. The molecule has 2 aliphatic rings. The molecule has 200 valence electrons. The number of aldehydes is 1. The van der Waals surface area contributed by atoms with Crippen LogP contribution in [0.15, 0.2) is 0 Å². The Morgan fingerprint density at radius 2 is 1.21 bits per heavy atom. The van der Waals surface area contributed by atoms with Gasteiger partial charge in [-0.05, 0) is 0 Å². The van der Waals surface area contributed by atoms with Crippen molar-refractivity contribution in [3.05, 3.63) is 0 Å². The number of rotatable bonds is 11. The Kier molecular flexibility index (Phi) is 11.1. The number of ether oxygens (including phenoxy) is 4. The van der Waals surface area contributed by atoms with Gasteiger partial charge in [-0.3, -0.25) is 0 Å². The van der Waals surface area contributed by atoms with Crippen molar-refractivity contribution in [2.24, 2.45) is 0 Å². The van der Waals surface area contributed by atoms with Crippen LogP contribution in [0.25, 0.3) is 0 Å². The van der Waals surface area contributed by atoms with Gasteiger partial charge in [-0.1, -0.05) is 0 Å². The molecule has 0 amide bonds. The number of carbonyl (C=O) groups is 1. The van der Waals surface area contributed by atoms with Gasteiger partial charge in [0.2, 0.25) is 0 Å². The minimum Gasteiger partial charge on any atom is -0.394 e. The van der Waals surface area contributed by atoms with Crippen molar-refractivity contribution in [3.8, 4) is 0 Å². The van der Waals surface area contributed by atoms with E-state index in [0.29, 0.717) is 0 Å². The maximum Gasteiger partial charge on any atom is 0.186 e. The van der Waals surface area contributed by atoms with Crippen LogP contribution in [0.3, 0.4) is 0 Å². The zero-order chi connectivity index (χ0) is 25.7. The van der Waals surface area contributed by atoms with Crippen LogP contribution in [0.5, 0.6) is 0 Å². The molecule has 2 heterocycles. The van der Waals surface area contributed by atoms with Crippen LogP contribution in [0.4, 0.5) is 0 Å². The number of carbonyl (C=O) groups excluding carboxylic acids is 1. The maximum absolute atomic E-state index is 10.5. The molecule has 2 fully saturated rings. The van der Waals surface area contributed by atoms with Crippen molar-refractivity contribution in [2.45, 2.75) is 85.8 Å². The molecule has 0 bridgehead atoms. The number of hydrogen-bond acceptors (Lipinski definition) is 16. The fraction of sp³-hybridized carbons (Fsp3) is 0.944. The molecule has 0 aromatic heterocycles. The first-order chi connectivity index (χ1) is 15.9. The second-order valence-electron chi connectivity index (χ2n) is 8.05. The summed E-state index contributed by atoms with van der Waals surface area (Å²) in [6, 6.07) is 0. The third-order valence-electron chi connectivity index (χ3n) is 5.61. The highest BCUT2D eigenvalue weighted by Gasteiger charge is 2.47. The van der Waals surface area contributed by atoms with Gasteiger partial charge in [0.1, 0.15) is 73.2 Å². The summed E-state index contributed by atoms with van der Waals surface area (Å²) in [7, 11) is 0. The van der Waals surface area contributed by atoms with E-state index in [9.17, 15) is 61.0 Å². The van der Waals surface area contributed by atoms with Crippen molar-refractivity contribution in [1.82, 2.24) is 0 Å². The van der Waals surface area contributed by atoms with Crippen LogP contribution in [-0.2, 0) is 23.7 Å². The number of aliphatic hydroxyl groups is 11. The molecule has 14 atom stereocenters. The van der Waals surface area contributed by atoms with Crippen LogP contribution in [-0.4, -0.2) is 168 Å². The summed E-state index contributed by atoms with van der Waals surface area (Å²) in [6.07, 6.45) is -24.4. The lowest BCUT2D eigenvalue weighted by atomic mass is 9.98. The quantitative estimate of drug-likeness (QED) is 0.117. The average molecular weight is 504 g/mol. The van der Waals surface area contributed by atoms with Crippen molar-refractivity contribution in [3.63, 3.8) is 0 Å². The highest BCUT2D eigenvalue weighted by atomic mass is 16.7. The third-order valence-corrected chi connectivity index (χ3v) is 5.61. The summed E-state index contributed by atoms with van der Waals surface area (Å²) in [5, 5.41) is 107. The molecule has 34 heavy (non-hydrogen) atoms. The molecule has 0 spiro atoms. The minimum absolute atomic E-state index is 0.0623. The van der Waals surface area contributed by atoms with Gasteiger partial charge >= 0.3 is 0 Å². The molecule has 16 heteroatoms. The topological polar surface area (TPSA) is 277 Å². The van der Waals surface area contributed by atoms with Crippen molar-refractivity contribution < 1.29 is 79.9 Å². The Bertz CT molecular complexity index is 623. The summed E-state index contributed by atoms with van der Waals surface area (Å²) < 4.78 is 20.8. The molecular formula is C18H32O16. The Balaban J connectivity index is 1.96.